The minimum atomic E-state index is -3.78. The Labute approximate surface area is 156 Å². The summed E-state index contributed by atoms with van der Waals surface area (Å²) in [6, 6.07) is 9.61. The van der Waals surface area contributed by atoms with Crippen LogP contribution in [0.5, 0.6) is 5.75 Å². The van der Waals surface area contributed by atoms with Crippen LogP contribution in [0.1, 0.15) is 17.9 Å². The van der Waals surface area contributed by atoms with E-state index in [-0.39, 0.29) is 21.0 Å². The van der Waals surface area contributed by atoms with Crippen LogP contribution in [-0.4, -0.2) is 27.6 Å². The van der Waals surface area contributed by atoms with E-state index >= 15 is 0 Å². The zero-order chi connectivity index (χ0) is 17.6. The van der Waals surface area contributed by atoms with E-state index < -0.39 is 10.0 Å². The number of halogens is 2. The summed E-state index contributed by atoms with van der Waals surface area (Å²) < 4.78 is 33.8. The minimum absolute atomic E-state index is 0.0292. The quantitative estimate of drug-likeness (QED) is 0.827. The van der Waals surface area contributed by atoms with E-state index in [2.05, 4.69) is 10.0 Å². The first-order valence-corrected chi connectivity index (χ1v) is 10.2. The Balaban J connectivity index is 1.63. The van der Waals surface area contributed by atoms with Crippen LogP contribution in [-0.2, 0) is 10.0 Å². The van der Waals surface area contributed by atoms with Gasteiger partial charge in [0.25, 0.3) is 10.0 Å². The second-order valence-electron chi connectivity index (χ2n) is 6.22. The molecule has 5 nitrogen and oxygen atoms in total. The molecule has 2 unspecified atom stereocenters. The Bertz CT molecular complexity index is 913. The van der Waals surface area contributed by atoms with Crippen LogP contribution >= 0.6 is 23.2 Å². The lowest BCUT2D eigenvalue weighted by atomic mass is 9.89. The molecule has 0 aromatic heterocycles. The molecule has 8 heteroatoms. The predicted octanol–water partition coefficient (Wildman–Crippen LogP) is 3.63. The second-order valence-corrected chi connectivity index (χ2v) is 8.77. The van der Waals surface area contributed by atoms with Crippen LogP contribution in [0, 0.1) is 0 Å². The van der Waals surface area contributed by atoms with Crippen molar-refractivity contribution in [3.63, 3.8) is 0 Å². The zero-order valence-electron chi connectivity index (χ0n) is 13.1. The fourth-order valence-electron chi connectivity index (χ4n) is 3.38. The number of benzene rings is 2. The normalized spacial score (nSPS) is 22.0. The SMILES string of the molecule is O=S(=O)(Nc1ccc2c(c1)C1CCNCC1O2)c1cc(Cl)cc(Cl)c1. The van der Waals surface area contributed by atoms with Gasteiger partial charge in [-0.25, -0.2) is 8.42 Å². The van der Waals surface area contributed by atoms with Crippen molar-refractivity contribution in [3.05, 3.63) is 52.0 Å². The summed E-state index contributed by atoms with van der Waals surface area (Å²) in [6.45, 7) is 1.74. The summed E-state index contributed by atoms with van der Waals surface area (Å²) in [5.41, 5.74) is 1.55. The third kappa shape index (κ3) is 3.31. The highest BCUT2D eigenvalue weighted by Crippen LogP contribution is 2.42. The molecule has 2 N–H and O–H groups in total. The third-order valence-corrected chi connectivity index (χ3v) is 6.31. The Morgan fingerprint density at radius 1 is 1.12 bits per heavy atom. The molecular formula is C17H16Cl2N2O3S. The summed E-state index contributed by atoms with van der Waals surface area (Å²) in [5.74, 6) is 1.12. The maximum atomic E-state index is 12.6. The first kappa shape index (κ1) is 17.0. The number of nitrogens with one attached hydrogen (secondary N) is 2. The van der Waals surface area contributed by atoms with Crippen LogP contribution in [0.3, 0.4) is 0 Å². The molecule has 2 aromatic rings. The molecule has 0 amide bonds. The molecule has 1 saturated heterocycles. The number of hydrogen-bond acceptors (Lipinski definition) is 4. The smallest absolute Gasteiger partial charge is 0.261 e. The van der Waals surface area contributed by atoms with Gasteiger partial charge in [-0.1, -0.05) is 23.2 Å². The number of ether oxygens (including phenoxy) is 1. The lowest BCUT2D eigenvalue weighted by molar-refractivity contribution is 0.177. The highest BCUT2D eigenvalue weighted by Gasteiger charge is 2.36. The van der Waals surface area contributed by atoms with Gasteiger partial charge in [0.2, 0.25) is 0 Å². The molecule has 2 aromatic carbocycles. The van der Waals surface area contributed by atoms with Gasteiger partial charge < -0.3 is 10.1 Å². The minimum Gasteiger partial charge on any atom is -0.488 e. The second kappa shape index (κ2) is 6.36. The lowest BCUT2D eigenvalue weighted by Crippen LogP contribution is -2.39. The summed E-state index contributed by atoms with van der Waals surface area (Å²) in [6.07, 6.45) is 1.08. The standard InChI is InChI=1S/C17H16Cl2N2O3S/c18-10-5-11(19)7-13(6-10)25(22,23)21-12-1-2-16-15(8-12)14-3-4-20-9-17(14)24-16/h1-2,5-8,14,17,20-21H,3-4,9H2. The van der Waals surface area contributed by atoms with Gasteiger partial charge in [0.05, 0.1) is 4.90 Å². The van der Waals surface area contributed by atoms with Crippen molar-refractivity contribution >= 4 is 38.9 Å². The third-order valence-electron chi connectivity index (χ3n) is 4.51. The molecule has 4 rings (SSSR count). The number of hydrogen-bond donors (Lipinski definition) is 2. The molecule has 2 atom stereocenters. The number of sulfonamides is 1. The van der Waals surface area contributed by atoms with Gasteiger partial charge in [-0.05, 0) is 49.4 Å². The van der Waals surface area contributed by atoms with E-state index in [1.54, 1.807) is 6.07 Å². The highest BCUT2D eigenvalue weighted by molar-refractivity contribution is 7.92. The molecule has 2 aliphatic heterocycles. The summed E-state index contributed by atoms with van der Waals surface area (Å²) in [7, 11) is -3.78. The van der Waals surface area contributed by atoms with E-state index in [0.717, 1.165) is 30.8 Å². The molecular weight excluding hydrogens is 383 g/mol. The van der Waals surface area contributed by atoms with Crippen LogP contribution in [0.2, 0.25) is 10.0 Å². The zero-order valence-corrected chi connectivity index (χ0v) is 15.5. The average molecular weight is 399 g/mol. The summed E-state index contributed by atoms with van der Waals surface area (Å²) in [5, 5.41) is 3.86. The molecule has 2 heterocycles. The molecule has 0 radical (unpaired) electrons. The predicted molar refractivity (Wildman–Crippen MR) is 98.4 cm³/mol. The molecule has 2 aliphatic rings. The largest absolute Gasteiger partial charge is 0.488 e. The monoisotopic (exact) mass is 398 g/mol. The number of piperidine rings is 1. The lowest BCUT2D eigenvalue weighted by Gasteiger charge is -2.24. The van der Waals surface area contributed by atoms with Crippen molar-refractivity contribution < 1.29 is 13.2 Å². The fraction of sp³-hybridized carbons (Fsp3) is 0.294. The maximum Gasteiger partial charge on any atom is 0.261 e. The maximum absolute atomic E-state index is 12.6. The van der Waals surface area contributed by atoms with Crippen LogP contribution in [0.25, 0.3) is 0 Å². The Morgan fingerprint density at radius 3 is 2.64 bits per heavy atom. The van der Waals surface area contributed by atoms with Crippen LogP contribution < -0.4 is 14.8 Å². The van der Waals surface area contributed by atoms with Crippen molar-refractivity contribution in [2.24, 2.45) is 0 Å². The first-order valence-electron chi connectivity index (χ1n) is 7.93. The van der Waals surface area contributed by atoms with Crippen molar-refractivity contribution in [2.45, 2.75) is 23.3 Å². The summed E-state index contributed by atoms with van der Waals surface area (Å²) >= 11 is 11.8. The first-order chi connectivity index (χ1) is 11.9. The van der Waals surface area contributed by atoms with Crippen molar-refractivity contribution in [2.75, 3.05) is 17.8 Å². The molecule has 132 valence electrons. The molecule has 0 aliphatic carbocycles. The topological polar surface area (TPSA) is 67.4 Å². The van der Waals surface area contributed by atoms with Gasteiger partial charge in [0, 0.05) is 33.8 Å². The van der Waals surface area contributed by atoms with Crippen LogP contribution in [0.15, 0.2) is 41.3 Å². The molecule has 0 spiro atoms. The summed E-state index contributed by atoms with van der Waals surface area (Å²) in [4.78, 5) is 0.0292. The average Bonchev–Trinajstić information content (AvgIpc) is 2.92. The van der Waals surface area contributed by atoms with Gasteiger partial charge in [0.15, 0.2) is 0 Å². The fourth-order valence-corrected chi connectivity index (χ4v) is 5.15. The molecule has 0 saturated carbocycles. The van der Waals surface area contributed by atoms with Gasteiger partial charge in [-0.3, -0.25) is 4.72 Å². The van der Waals surface area contributed by atoms with Gasteiger partial charge in [0.1, 0.15) is 11.9 Å². The van der Waals surface area contributed by atoms with Gasteiger partial charge >= 0.3 is 0 Å². The van der Waals surface area contributed by atoms with Crippen molar-refractivity contribution in [1.82, 2.24) is 5.32 Å². The highest BCUT2D eigenvalue weighted by atomic mass is 35.5. The number of fused-ring (bicyclic) bond motifs is 3. The van der Waals surface area contributed by atoms with Gasteiger partial charge in [-0.2, -0.15) is 0 Å². The van der Waals surface area contributed by atoms with Crippen molar-refractivity contribution in [1.29, 1.82) is 0 Å². The van der Waals surface area contributed by atoms with E-state index in [4.69, 9.17) is 27.9 Å². The van der Waals surface area contributed by atoms with E-state index in [9.17, 15) is 8.42 Å². The number of rotatable bonds is 3. The molecule has 25 heavy (non-hydrogen) atoms. The van der Waals surface area contributed by atoms with E-state index in [1.807, 2.05) is 12.1 Å². The Hall–Kier alpha value is -1.47. The van der Waals surface area contributed by atoms with Crippen molar-refractivity contribution in [3.8, 4) is 5.75 Å². The van der Waals surface area contributed by atoms with Gasteiger partial charge in [-0.15, -0.1) is 0 Å². The molecule has 0 bridgehead atoms. The Morgan fingerprint density at radius 2 is 1.88 bits per heavy atom. The number of anilines is 1. The van der Waals surface area contributed by atoms with E-state index in [0.29, 0.717) is 11.6 Å². The van der Waals surface area contributed by atoms with E-state index in [1.165, 1.54) is 18.2 Å². The van der Waals surface area contributed by atoms with Crippen LogP contribution in [0.4, 0.5) is 5.69 Å². The molecule has 1 fully saturated rings. The Kier molecular flexibility index (Phi) is 4.32.